The number of halogens is 3. The van der Waals surface area contributed by atoms with E-state index in [4.69, 9.17) is 0 Å². The van der Waals surface area contributed by atoms with Crippen LogP contribution in [0.4, 0.5) is 24.8 Å². The van der Waals surface area contributed by atoms with Crippen LogP contribution in [0.25, 0.3) is 0 Å². The number of nitrogens with one attached hydrogen (secondary N) is 2. The molecular formula is C12H19F3N4OS. The number of hydrogen-bond donors (Lipinski definition) is 2. The van der Waals surface area contributed by atoms with Crippen molar-refractivity contribution in [2.45, 2.75) is 24.7 Å². The first kappa shape index (κ1) is 17.8. The monoisotopic (exact) mass is 324 g/mol. The molecule has 0 radical (unpaired) electrons. The van der Waals surface area contributed by atoms with E-state index < -0.39 is 12.8 Å². The minimum atomic E-state index is -4.29. The van der Waals surface area contributed by atoms with Crippen molar-refractivity contribution in [2.75, 3.05) is 43.2 Å². The van der Waals surface area contributed by atoms with Crippen LogP contribution >= 0.6 is 11.8 Å². The Bertz CT molecular complexity index is 431. The third-order valence-corrected chi connectivity index (χ3v) is 2.81. The summed E-state index contributed by atoms with van der Waals surface area (Å²) in [5.41, 5.74) is 0. The third-order valence-electron chi connectivity index (χ3n) is 2.26. The van der Waals surface area contributed by atoms with E-state index in [1.807, 2.05) is 13.2 Å². The first-order valence-electron chi connectivity index (χ1n) is 6.50. The molecule has 21 heavy (non-hydrogen) atoms. The highest BCUT2D eigenvalue weighted by Gasteiger charge is 2.27. The van der Waals surface area contributed by atoms with Crippen LogP contribution in [-0.2, 0) is 4.74 Å². The van der Waals surface area contributed by atoms with Gasteiger partial charge in [0.1, 0.15) is 18.2 Å². The first-order valence-corrected chi connectivity index (χ1v) is 7.72. The molecule has 120 valence electrons. The lowest BCUT2D eigenvalue weighted by Crippen LogP contribution is -2.20. The van der Waals surface area contributed by atoms with Gasteiger partial charge in [0.2, 0.25) is 0 Å². The molecule has 0 aromatic carbocycles. The van der Waals surface area contributed by atoms with Crippen LogP contribution in [0.15, 0.2) is 11.2 Å². The van der Waals surface area contributed by atoms with Gasteiger partial charge < -0.3 is 15.4 Å². The molecule has 0 fully saturated rings. The Hall–Kier alpha value is -1.22. The lowest BCUT2D eigenvalue weighted by Gasteiger charge is -2.11. The summed E-state index contributed by atoms with van der Waals surface area (Å²) in [6.45, 7) is 1.79. The highest BCUT2D eigenvalue weighted by molar-refractivity contribution is 7.98. The topological polar surface area (TPSA) is 59.1 Å². The molecule has 1 rings (SSSR count). The van der Waals surface area contributed by atoms with Gasteiger partial charge in [0, 0.05) is 19.2 Å². The molecule has 0 aliphatic heterocycles. The summed E-state index contributed by atoms with van der Waals surface area (Å²) in [6.07, 6.45) is -1.47. The molecule has 0 atom stereocenters. The van der Waals surface area contributed by atoms with E-state index in [9.17, 15) is 13.2 Å². The van der Waals surface area contributed by atoms with Crippen molar-refractivity contribution in [1.29, 1.82) is 0 Å². The summed E-state index contributed by atoms with van der Waals surface area (Å²) in [5.74, 6) is 1.25. The van der Waals surface area contributed by atoms with E-state index in [-0.39, 0.29) is 13.2 Å². The molecule has 1 aromatic rings. The number of thioether (sulfide) groups is 1. The van der Waals surface area contributed by atoms with Crippen LogP contribution in [0, 0.1) is 0 Å². The number of alkyl halides is 3. The molecule has 0 spiro atoms. The van der Waals surface area contributed by atoms with Crippen LogP contribution < -0.4 is 10.6 Å². The Labute approximate surface area is 126 Å². The molecule has 0 aliphatic carbocycles. The molecule has 1 heterocycles. The summed E-state index contributed by atoms with van der Waals surface area (Å²) in [7, 11) is 0. The van der Waals surface area contributed by atoms with Gasteiger partial charge in [0.05, 0.1) is 6.61 Å². The smallest absolute Gasteiger partial charge is 0.370 e. The second kappa shape index (κ2) is 8.93. The van der Waals surface area contributed by atoms with Gasteiger partial charge in [0.25, 0.3) is 0 Å². The van der Waals surface area contributed by atoms with Crippen LogP contribution in [0.3, 0.4) is 0 Å². The summed E-state index contributed by atoms with van der Waals surface area (Å²) in [4.78, 5) is 8.52. The van der Waals surface area contributed by atoms with E-state index >= 15 is 0 Å². The Morgan fingerprint density at radius 2 is 1.81 bits per heavy atom. The van der Waals surface area contributed by atoms with E-state index in [0.717, 1.165) is 13.0 Å². The maximum atomic E-state index is 11.9. The van der Waals surface area contributed by atoms with Gasteiger partial charge in [-0.2, -0.15) is 13.2 Å². The minimum absolute atomic E-state index is 0.0458. The van der Waals surface area contributed by atoms with Crippen molar-refractivity contribution in [3.8, 4) is 0 Å². The molecule has 0 saturated heterocycles. The Morgan fingerprint density at radius 3 is 2.33 bits per heavy atom. The van der Waals surface area contributed by atoms with Crippen LogP contribution in [0.5, 0.6) is 0 Å². The Morgan fingerprint density at radius 1 is 1.19 bits per heavy atom. The number of aromatic nitrogens is 2. The van der Waals surface area contributed by atoms with Crippen LogP contribution in [0.1, 0.15) is 13.3 Å². The SMILES string of the molecule is CCCNc1cc(NCCOCC(F)(F)F)nc(SC)n1. The van der Waals surface area contributed by atoms with Gasteiger partial charge in [-0.1, -0.05) is 18.7 Å². The molecule has 0 aliphatic rings. The zero-order chi connectivity index (χ0) is 15.7. The summed E-state index contributed by atoms with van der Waals surface area (Å²) in [6, 6.07) is 1.72. The van der Waals surface area contributed by atoms with Crippen molar-refractivity contribution in [3.05, 3.63) is 6.07 Å². The van der Waals surface area contributed by atoms with Gasteiger partial charge >= 0.3 is 6.18 Å². The normalized spacial score (nSPS) is 11.5. The van der Waals surface area contributed by atoms with Crippen molar-refractivity contribution >= 4 is 23.4 Å². The highest BCUT2D eigenvalue weighted by atomic mass is 32.2. The molecular weight excluding hydrogens is 305 g/mol. The molecule has 1 aromatic heterocycles. The summed E-state index contributed by atoms with van der Waals surface area (Å²) < 4.78 is 40.2. The minimum Gasteiger partial charge on any atom is -0.370 e. The lowest BCUT2D eigenvalue weighted by atomic mass is 10.4. The zero-order valence-corrected chi connectivity index (χ0v) is 12.8. The number of nitrogens with zero attached hydrogens (tertiary/aromatic N) is 2. The molecule has 0 bridgehead atoms. The molecule has 5 nitrogen and oxygen atoms in total. The fraction of sp³-hybridized carbons (Fsp3) is 0.667. The van der Waals surface area contributed by atoms with Gasteiger partial charge in [-0.3, -0.25) is 0 Å². The van der Waals surface area contributed by atoms with Crippen molar-refractivity contribution in [2.24, 2.45) is 0 Å². The average molecular weight is 324 g/mol. The molecule has 0 saturated carbocycles. The summed E-state index contributed by atoms with van der Waals surface area (Å²) in [5, 5.41) is 6.66. The van der Waals surface area contributed by atoms with Gasteiger partial charge in [-0.25, -0.2) is 9.97 Å². The number of rotatable bonds is 9. The zero-order valence-electron chi connectivity index (χ0n) is 12.0. The average Bonchev–Trinajstić information content (AvgIpc) is 2.43. The van der Waals surface area contributed by atoms with Crippen LogP contribution in [-0.4, -0.2) is 48.7 Å². The molecule has 0 unspecified atom stereocenters. The van der Waals surface area contributed by atoms with Crippen molar-refractivity contribution < 1.29 is 17.9 Å². The maximum Gasteiger partial charge on any atom is 0.411 e. The third kappa shape index (κ3) is 7.96. The second-order valence-electron chi connectivity index (χ2n) is 4.15. The standard InChI is InChI=1S/C12H19F3N4OS/c1-3-4-16-9-7-10(19-11(18-9)21-2)17-5-6-20-8-12(13,14)15/h7H,3-6,8H2,1-2H3,(H2,16,17,18,19). The molecule has 9 heteroatoms. The van der Waals surface area contributed by atoms with Gasteiger partial charge in [0.15, 0.2) is 5.16 Å². The predicted molar refractivity (Wildman–Crippen MR) is 78.0 cm³/mol. The largest absolute Gasteiger partial charge is 0.411 e. The number of ether oxygens (including phenoxy) is 1. The highest BCUT2D eigenvalue weighted by Crippen LogP contribution is 2.17. The van der Waals surface area contributed by atoms with Gasteiger partial charge in [-0.05, 0) is 12.7 Å². The quantitative estimate of drug-likeness (QED) is 0.414. The van der Waals surface area contributed by atoms with Gasteiger partial charge in [-0.15, -0.1) is 0 Å². The summed E-state index contributed by atoms with van der Waals surface area (Å²) >= 11 is 1.40. The Kier molecular flexibility index (Phi) is 7.58. The Balaban J connectivity index is 2.46. The van der Waals surface area contributed by atoms with Crippen LogP contribution in [0.2, 0.25) is 0 Å². The van der Waals surface area contributed by atoms with E-state index in [1.165, 1.54) is 11.8 Å². The second-order valence-corrected chi connectivity index (χ2v) is 4.92. The predicted octanol–water partition coefficient (Wildman–Crippen LogP) is 3.01. The van der Waals surface area contributed by atoms with E-state index in [0.29, 0.717) is 16.8 Å². The number of anilines is 2. The van der Waals surface area contributed by atoms with E-state index in [2.05, 4.69) is 25.3 Å². The maximum absolute atomic E-state index is 11.9. The van der Waals surface area contributed by atoms with E-state index in [1.54, 1.807) is 6.07 Å². The van der Waals surface area contributed by atoms with Crippen molar-refractivity contribution in [1.82, 2.24) is 9.97 Å². The van der Waals surface area contributed by atoms with Crippen molar-refractivity contribution in [3.63, 3.8) is 0 Å². The fourth-order valence-electron chi connectivity index (χ4n) is 1.39. The first-order chi connectivity index (χ1) is 9.94. The molecule has 0 amide bonds. The number of hydrogen-bond acceptors (Lipinski definition) is 6. The fourth-order valence-corrected chi connectivity index (χ4v) is 1.77. The lowest BCUT2D eigenvalue weighted by molar-refractivity contribution is -0.172. The molecule has 2 N–H and O–H groups in total.